The molecule has 1 aromatic rings. The van der Waals surface area contributed by atoms with Gasteiger partial charge in [0, 0.05) is 26.2 Å². The second-order valence-electron chi connectivity index (χ2n) is 4.79. The second kappa shape index (κ2) is 5.17. The summed E-state index contributed by atoms with van der Waals surface area (Å²) in [4.78, 5) is 13.8. The topological polar surface area (TPSA) is 20.3 Å². The van der Waals surface area contributed by atoms with Gasteiger partial charge in [-0.15, -0.1) is 0 Å². The molecule has 0 aromatic heterocycles. The Morgan fingerprint density at radius 2 is 1.71 bits per heavy atom. The summed E-state index contributed by atoms with van der Waals surface area (Å²) in [6, 6.07) is 8.31. The summed E-state index contributed by atoms with van der Waals surface area (Å²) in [7, 11) is 4.05. The normalized spacial score (nSPS) is 18.5. The number of hydrogen-bond acceptors (Lipinski definition) is 2. The number of ketones is 1. The van der Waals surface area contributed by atoms with Gasteiger partial charge in [-0.1, -0.05) is 12.1 Å². The minimum Gasteiger partial charge on any atom is -0.378 e. The van der Waals surface area contributed by atoms with Crippen molar-refractivity contribution in [2.24, 2.45) is 0 Å². The molecule has 0 amide bonds. The van der Waals surface area contributed by atoms with E-state index < -0.39 is 0 Å². The highest BCUT2D eigenvalue weighted by molar-refractivity contribution is 6.00. The van der Waals surface area contributed by atoms with Crippen molar-refractivity contribution in [1.82, 2.24) is 0 Å². The Hall–Kier alpha value is -1.57. The Kier molecular flexibility index (Phi) is 3.62. The van der Waals surface area contributed by atoms with Crippen molar-refractivity contribution in [3.05, 3.63) is 35.4 Å². The van der Waals surface area contributed by atoms with Crippen LogP contribution in [0.3, 0.4) is 0 Å². The Bertz CT molecular complexity index is 429. The van der Waals surface area contributed by atoms with E-state index in [9.17, 15) is 4.79 Å². The fourth-order valence-corrected chi connectivity index (χ4v) is 2.12. The molecule has 0 bridgehead atoms. The van der Waals surface area contributed by atoms with E-state index in [1.165, 1.54) is 5.69 Å². The predicted molar refractivity (Wildman–Crippen MR) is 72.2 cm³/mol. The highest BCUT2D eigenvalue weighted by Gasteiger charge is 2.14. The molecule has 2 heteroatoms. The molecule has 0 spiro atoms. The van der Waals surface area contributed by atoms with Crippen LogP contribution >= 0.6 is 0 Å². The first-order chi connectivity index (χ1) is 8.16. The highest BCUT2D eigenvalue weighted by atomic mass is 16.1. The first-order valence-corrected chi connectivity index (χ1v) is 6.18. The zero-order valence-electron chi connectivity index (χ0n) is 10.6. The first-order valence-electron chi connectivity index (χ1n) is 6.18. The standard InChI is InChI=1S/C15H19NO/c1-16(2)14-9-7-12(8-10-14)11-13-5-3-4-6-15(13)17/h7-11H,3-6H2,1-2H3. The molecule has 0 aliphatic heterocycles. The largest absolute Gasteiger partial charge is 0.378 e. The zero-order chi connectivity index (χ0) is 12.3. The van der Waals surface area contributed by atoms with E-state index in [4.69, 9.17) is 0 Å². The molecular weight excluding hydrogens is 210 g/mol. The average molecular weight is 229 g/mol. The monoisotopic (exact) mass is 229 g/mol. The molecule has 0 radical (unpaired) electrons. The summed E-state index contributed by atoms with van der Waals surface area (Å²) in [5.74, 6) is 0.327. The molecule has 2 rings (SSSR count). The van der Waals surface area contributed by atoms with E-state index >= 15 is 0 Å². The van der Waals surface area contributed by atoms with Crippen molar-refractivity contribution < 1.29 is 4.79 Å². The number of nitrogens with zero attached hydrogens (tertiary/aromatic N) is 1. The van der Waals surface area contributed by atoms with Crippen molar-refractivity contribution in [2.45, 2.75) is 25.7 Å². The Morgan fingerprint density at radius 1 is 1.06 bits per heavy atom. The maximum absolute atomic E-state index is 11.7. The first kappa shape index (κ1) is 11.9. The van der Waals surface area contributed by atoms with Gasteiger partial charge in [-0.05, 0) is 48.6 Å². The maximum Gasteiger partial charge on any atom is 0.158 e. The molecule has 0 atom stereocenters. The van der Waals surface area contributed by atoms with Gasteiger partial charge in [0.25, 0.3) is 0 Å². The number of Topliss-reactive ketones (excluding diaryl/α,β-unsaturated/α-hetero) is 1. The number of rotatable bonds is 2. The van der Waals surface area contributed by atoms with E-state index in [0.717, 1.165) is 36.8 Å². The molecule has 1 fully saturated rings. The molecule has 1 aliphatic rings. The molecule has 90 valence electrons. The van der Waals surface area contributed by atoms with Gasteiger partial charge in [0.1, 0.15) is 0 Å². The molecule has 1 saturated carbocycles. The lowest BCUT2D eigenvalue weighted by Crippen LogP contribution is -2.08. The van der Waals surface area contributed by atoms with Crippen LogP contribution in [0, 0.1) is 0 Å². The van der Waals surface area contributed by atoms with Crippen LogP contribution in [0.25, 0.3) is 6.08 Å². The number of allylic oxidation sites excluding steroid dienone is 1. The fourth-order valence-electron chi connectivity index (χ4n) is 2.12. The number of benzene rings is 1. The molecule has 1 aliphatic carbocycles. The summed E-state index contributed by atoms with van der Waals surface area (Å²) in [5, 5.41) is 0. The summed E-state index contributed by atoms with van der Waals surface area (Å²) < 4.78 is 0. The third-order valence-electron chi connectivity index (χ3n) is 3.21. The third-order valence-corrected chi connectivity index (χ3v) is 3.21. The van der Waals surface area contributed by atoms with Crippen molar-refractivity contribution in [1.29, 1.82) is 0 Å². The lowest BCUT2D eigenvalue weighted by Gasteiger charge is -2.14. The second-order valence-corrected chi connectivity index (χ2v) is 4.79. The van der Waals surface area contributed by atoms with E-state index in [0.29, 0.717) is 5.78 Å². The molecule has 0 unspecified atom stereocenters. The van der Waals surface area contributed by atoms with E-state index in [2.05, 4.69) is 29.2 Å². The van der Waals surface area contributed by atoms with Crippen LogP contribution < -0.4 is 4.90 Å². The molecule has 0 heterocycles. The van der Waals surface area contributed by atoms with Gasteiger partial charge in [0.15, 0.2) is 5.78 Å². The summed E-state index contributed by atoms with van der Waals surface area (Å²) >= 11 is 0. The van der Waals surface area contributed by atoms with Crippen LogP contribution in [0.1, 0.15) is 31.2 Å². The summed E-state index contributed by atoms with van der Waals surface area (Å²) in [5.41, 5.74) is 3.30. The van der Waals surface area contributed by atoms with Gasteiger partial charge in [-0.3, -0.25) is 4.79 Å². The van der Waals surface area contributed by atoms with E-state index in [1.807, 2.05) is 20.2 Å². The maximum atomic E-state index is 11.7. The van der Waals surface area contributed by atoms with E-state index in [-0.39, 0.29) is 0 Å². The number of carbonyl (C=O) groups excluding carboxylic acids is 1. The van der Waals surface area contributed by atoms with Crippen LogP contribution in [0.15, 0.2) is 29.8 Å². The van der Waals surface area contributed by atoms with Gasteiger partial charge in [0.05, 0.1) is 0 Å². The van der Waals surface area contributed by atoms with Crippen LogP contribution in [0.5, 0.6) is 0 Å². The van der Waals surface area contributed by atoms with Crippen molar-refractivity contribution >= 4 is 17.5 Å². The van der Waals surface area contributed by atoms with Crippen molar-refractivity contribution in [3.8, 4) is 0 Å². The highest BCUT2D eigenvalue weighted by Crippen LogP contribution is 2.23. The Balaban J connectivity index is 2.17. The Morgan fingerprint density at radius 3 is 2.29 bits per heavy atom. The molecular formula is C15H19NO. The minimum absolute atomic E-state index is 0.327. The van der Waals surface area contributed by atoms with Crippen LogP contribution in [-0.4, -0.2) is 19.9 Å². The molecule has 2 nitrogen and oxygen atoms in total. The number of carbonyl (C=O) groups is 1. The number of hydrogen-bond donors (Lipinski definition) is 0. The molecule has 0 N–H and O–H groups in total. The molecule has 17 heavy (non-hydrogen) atoms. The molecule has 0 saturated heterocycles. The molecule has 1 aromatic carbocycles. The van der Waals surface area contributed by atoms with Crippen molar-refractivity contribution in [3.63, 3.8) is 0 Å². The minimum atomic E-state index is 0.327. The summed E-state index contributed by atoms with van der Waals surface area (Å²) in [6.45, 7) is 0. The van der Waals surface area contributed by atoms with Crippen LogP contribution in [0.4, 0.5) is 5.69 Å². The van der Waals surface area contributed by atoms with E-state index in [1.54, 1.807) is 0 Å². The SMILES string of the molecule is CN(C)c1ccc(C=C2CCCCC2=O)cc1. The Labute approximate surface area is 103 Å². The lowest BCUT2D eigenvalue weighted by molar-refractivity contribution is -0.116. The summed E-state index contributed by atoms with van der Waals surface area (Å²) in [6.07, 6.45) is 5.90. The lowest BCUT2D eigenvalue weighted by atomic mass is 9.92. The quantitative estimate of drug-likeness (QED) is 0.725. The smallest absolute Gasteiger partial charge is 0.158 e. The van der Waals surface area contributed by atoms with Crippen LogP contribution in [0.2, 0.25) is 0 Å². The predicted octanol–water partition coefficient (Wildman–Crippen LogP) is 3.28. The third kappa shape index (κ3) is 2.96. The fraction of sp³-hybridized carbons (Fsp3) is 0.400. The van der Waals surface area contributed by atoms with Gasteiger partial charge in [-0.25, -0.2) is 0 Å². The van der Waals surface area contributed by atoms with Gasteiger partial charge in [0.2, 0.25) is 0 Å². The van der Waals surface area contributed by atoms with Crippen LogP contribution in [-0.2, 0) is 4.79 Å². The average Bonchev–Trinajstić information content (AvgIpc) is 2.33. The zero-order valence-corrected chi connectivity index (χ0v) is 10.6. The van der Waals surface area contributed by atoms with Gasteiger partial charge < -0.3 is 4.90 Å². The van der Waals surface area contributed by atoms with Gasteiger partial charge >= 0.3 is 0 Å². The van der Waals surface area contributed by atoms with Gasteiger partial charge in [-0.2, -0.15) is 0 Å². The number of anilines is 1. The van der Waals surface area contributed by atoms with Crippen molar-refractivity contribution in [2.75, 3.05) is 19.0 Å².